The van der Waals surface area contributed by atoms with E-state index < -0.39 is 0 Å². The van der Waals surface area contributed by atoms with Gasteiger partial charge in [0.15, 0.2) is 0 Å². The summed E-state index contributed by atoms with van der Waals surface area (Å²) >= 11 is 0. The second kappa shape index (κ2) is 10.2. The molecule has 0 saturated carbocycles. The Hall–Kier alpha value is -2.16. The van der Waals surface area contributed by atoms with Crippen LogP contribution in [0.5, 0.6) is 5.75 Å². The van der Waals surface area contributed by atoms with Crippen LogP contribution in [0.4, 0.5) is 0 Å². The molecule has 1 aromatic carbocycles. The fraction of sp³-hybridized carbons (Fsp3) is 0.667. The highest BCUT2D eigenvalue weighted by Gasteiger charge is 2.45. The Bertz CT molecular complexity index is 793. The average molecular weight is 444 g/mol. The SMILES string of the molecule is COc1ccc(CN2CC[C@@H]3[C@H]2C(=O)NC[C@H](CCC(=O)N2CCN(C)CC2)N3C)cc1. The summed E-state index contributed by atoms with van der Waals surface area (Å²) < 4.78 is 5.25. The summed E-state index contributed by atoms with van der Waals surface area (Å²) in [6.07, 6.45) is 2.29. The minimum absolute atomic E-state index is 0.112. The van der Waals surface area contributed by atoms with E-state index in [4.69, 9.17) is 4.74 Å². The van der Waals surface area contributed by atoms with E-state index >= 15 is 0 Å². The van der Waals surface area contributed by atoms with Crippen LogP contribution in [0.3, 0.4) is 0 Å². The first kappa shape index (κ1) is 23.0. The molecule has 3 aliphatic rings. The molecule has 0 aliphatic carbocycles. The van der Waals surface area contributed by atoms with Crippen LogP contribution in [-0.2, 0) is 16.1 Å². The first-order valence-corrected chi connectivity index (χ1v) is 11.8. The molecule has 3 fully saturated rings. The minimum atomic E-state index is -0.152. The summed E-state index contributed by atoms with van der Waals surface area (Å²) in [5, 5.41) is 3.17. The highest BCUT2D eigenvalue weighted by atomic mass is 16.5. The Morgan fingerprint density at radius 3 is 2.50 bits per heavy atom. The number of benzene rings is 1. The van der Waals surface area contributed by atoms with Crippen molar-refractivity contribution in [2.75, 3.05) is 60.5 Å². The molecule has 8 heteroatoms. The van der Waals surface area contributed by atoms with Crippen molar-refractivity contribution in [3.63, 3.8) is 0 Å². The number of piperazine rings is 1. The molecular formula is C24H37N5O3. The van der Waals surface area contributed by atoms with Crippen LogP contribution >= 0.6 is 0 Å². The van der Waals surface area contributed by atoms with Gasteiger partial charge in [-0.3, -0.25) is 19.4 Å². The molecule has 0 unspecified atom stereocenters. The fourth-order valence-corrected chi connectivity index (χ4v) is 5.30. The van der Waals surface area contributed by atoms with Crippen molar-refractivity contribution in [2.45, 2.75) is 43.9 Å². The number of nitrogens with one attached hydrogen (secondary N) is 1. The maximum absolute atomic E-state index is 13.0. The lowest BCUT2D eigenvalue weighted by Gasteiger charge is -2.35. The third kappa shape index (κ3) is 5.08. The molecule has 3 atom stereocenters. The van der Waals surface area contributed by atoms with Crippen LogP contribution in [0, 0.1) is 0 Å². The van der Waals surface area contributed by atoms with Crippen molar-refractivity contribution >= 4 is 11.8 Å². The van der Waals surface area contributed by atoms with Gasteiger partial charge in [-0.05, 0) is 44.6 Å². The summed E-state index contributed by atoms with van der Waals surface area (Å²) in [5.74, 6) is 1.20. The van der Waals surface area contributed by atoms with Gasteiger partial charge in [0.1, 0.15) is 11.8 Å². The number of hydrogen-bond acceptors (Lipinski definition) is 6. The standard InChI is InChI=1S/C24H37N5O3/c1-26-12-14-28(15-13-26)22(30)9-6-19-16-25-24(31)23-21(27(19)2)10-11-29(23)17-18-4-7-20(32-3)8-5-18/h4-5,7-8,19,21,23H,6,9-17H2,1-3H3,(H,25,31)/t19-,21+,23-/m0/s1. The largest absolute Gasteiger partial charge is 0.497 e. The van der Waals surface area contributed by atoms with E-state index in [1.165, 1.54) is 5.56 Å². The predicted molar refractivity (Wildman–Crippen MR) is 123 cm³/mol. The van der Waals surface area contributed by atoms with Crippen molar-refractivity contribution in [1.82, 2.24) is 24.9 Å². The fourth-order valence-electron chi connectivity index (χ4n) is 5.30. The highest BCUT2D eigenvalue weighted by Crippen LogP contribution is 2.29. The first-order valence-electron chi connectivity index (χ1n) is 11.8. The normalized spacial score (nSPS) is 27.7. The van der Waals surface area contributed by atoms with E-state index in [1.807, 2.05) is 17.0 Å². The number of ether oxygens (including phenoxy) is 1. The average Bonchev–Trinajstić information content (AvgIpc) is 3.18. The summed E-state index contributed by atoms with van der Waals surface area (Å²) in [5.41, 5.74) is 1.18. The number of likely N-dealkylation sites (N-methyl/N-ethyl adjacent to an activating group) is 2. The second-order valence-electron chi connectivity index (χ2n) is 9.41. The van der Waals surface area contributed by atoms with Gasteiger partial charge in [-0.2, -0.15) is 0 Å². The zero-order chi connectivity index (χ0) is 22.7. The van der Waals surface area contributed by atoms with E-state index in [1.54, 1.807) is 7.11 Å². The maximum atomic E-state index is 13.0. The highest BCUT2D eigenvalue weighted by molar-refractivity contribution is 5.83. The molecule has 1 N–H and O–H groups in total. The van der Waals surface area contributed by atoms with Crippen molar-refractivity contribution in [1.29, 1.82) is 0 Å². The quantitative estimate of drug-likeness (QED) is 0.696. The molecule has 8 nitrogen and oxygen atoms in total. The molecule has 176 valence electrons. The van der Waals surface area contributed by atoms with Gasteiger partial charge < -0.3 is 19.9 Å². The number of amides is 2. The second-order valence-corrected chi connectivity index (χ2v) is 9.41. The van der Waals surface area contributed by atoms with Gasteiger partial charge in [-0.1, -0.05) is 12.1 Å². The number of hydrogen-bond donors (Lipinski definition) is 1. The lowest BCUT2D eigenvalue weighted by molar-refractivity contribution is -0.133. The van der Waals surface area contributed by atoms with E-state index in [2.05, 4.69) is 46.2 Å². The third-order valence-corrected chi connectivity index (χ3v) is 7.44. The molecular weight excluding hydrogens is 406 g/mol. The van der Waals surface area contributed by atoms with Crippen LogP contribution in [-0.4, -0.2) is 110 Å². The van der Waals surface area contributed by atoms with Crippen molar-refractivity contribution in [2.24, 2.45) is 0 Å². The Balaban J connectivity index is 1.35. The van der Waals surface area contributed by atoms with E-state index in [0.717, 1.165) is 57.9 Å². The van der Waals surface area contributed by atoms with Crippen LogP contribution in [0.2, 0.25) is 0 Å². The Morgan fingerprint density at radius 1 is 1.09 bits per heavy atom. The molecule has 1 aromatic rings. The van der Waals surface area contributed by atoms with Crippen LogP contribution in [0.1, 0.15) is 24.8 Å². The number of nitrogens with zero attached hydrogens (tertiary/aromatic N) is 4. The molecule has 0 aromatic heterocycles. The number of carbonyl (C=O) groups excluding carboxylic acids is 2. The maximum Gasteiger partial charge on any atom is 0.239 e. The molecule has 3 heterocycles. The molecule has 2 amide bonds. The van der Waals surface area contributed by atoms with Crippen LogP contribution in [0.25, 0.3) is 0 Å². The van der Waals surface area contributed by atoms with E-state index in [9.17, 15) is 9.59 Å². The number of rotatable bonds is 6. The summed E-state index contributed by atoms with van der Waals surface area (Å²) in [4.78, 5) is 34.6. The third-order valence-electron chi connectivity index (χ3n) is 7.44. The van der Waals surface area contributed by atoms with Crippen molar-refractivity contribution < 1.29 is 14.3 Å². The van der Waals surface area contributed by atoms with Crippen LogP contribution in [0.15, 0.2) is 24.3 Å². The molecule has 0 spiro atoms. The Kier molecular flexibility index (Phi) is 7.33. The van der Waals surface area contributed by atoms with E-state index in [0.29, 0.717) is 13.0 Å². The van der Waals surface area contributed by atoms with Crippen molar-refractivity contribution in [3.05, 3.63) is 29.8 Å². The van der Waals surface area contributed by atoms with Gasteiger partial charge >= 0.3 is 0 Å². The van der Waals surface area contributed by atoms with Crippen molar-refractivity contribution in [3.8, 4) is 5.75 Å². The van der Waals surface area contributed by atoms with Gasteiger partial charge in [-0.25, -0.2) is 0 Å². The zero-order valence-electron chi connectivity index (χ0n) is 19.6. The van der Waals surface area contributed by atoms with Gasteiger partial charge in [0.2, 0.25) is 11.8 Å². The molecule has 3 aliphatic heterocycles. The number of fused-ring (bicyclic) bond motifs is 1. The number of likely N-dealkylation sites (tertiary alicyclic amines) is 1. The summed E-state index contributed by atoms with van der Waals surface area (Å²) in [7, 11) is 5.89. The van der Waals surface area contributed by atoms with Gasteiger partial charge in [-0.15, -0.1) is 0 Å². The predicted octanol–water partition coefficient (Wildman–Crippen LogP) is 0.623. The minimum Gasteiger partial charge on any atom is -0.497 e. The topological polar surface area (TPSA) is 68.4 Å². The molecule has 0 bridgehead atoms. The van der Waals surface area contributed by atoms with E-state index in [-0.39, 0.29) is 29.9 Å². The monoisotopic (exact) mass is 443 g/mol. The van der Waals surface area contributed by atoms with Gasteiger partial charge in [0.25, 0.3) is 0 Å². The van der Waals surface area contributed by atoms with Gasteiger partial charge in [0, 0.05) is 64.3 Å². The summed E-state index contributed by atoms with van der Waals surface area (Å²) in [6.45, 7) is 5.77. The molecule has 32 heavy (non-hydrogen) atoms. The zero-order valence-corrected chi connectivity index (χ0v) is 19.6. The molecule has 0 radical (unpaired) electrons. The molecule has 4 rings (SSSR count). The number of carbonyl (C=O) groups is 2. The summed E-state index contributed by atoms with van der Waals surface area (Å²) in [6, 6.07) is 8.28. The number of methoxy groups -OCH3 is 1. The smallest absolute Gasteiger partial charge is 0.239 e. The Morgan fingerprint density at radius 2 is 1.81 bits per heavy atom. The lowest BCUT2D eigenvalue weighted by Crippen LogP contribution is -2.50. The Labute approximate surface area is 191 Å². The first-order chi connectivity index (χ1) is 15.5. The molecule has 3 saturated heterocycles. The van der Waals surface area contributed by atoms with Crippen LogP contribution < -0.4 is 10.1 Å². The lowest BCUT2D eigenvalue weighted by atomic mass is 10.0. The van der Waals surface area contributed by atoms with Gasteiger partial charge in [0.05, 0.1) is 7.11 Å².